The number of benzene rings is 1. The zero-order chi connectivity index (χ0) is 18.7. The van der Waals surface area contributed by atoms with Crippen molar-refractivity contribution in [1.82, 2.24) is 20.0 Å². The van der Waals surface area contributed by atoms with Crippen molar-refractivity contribution >= 4 is 11.6 Å². The Hall–Kier alpha value is -2.45. The highest BCUT2D eigenvalue weighted by molar-refractivity contribution is 5.96. The lowest BCUT2D eigenvalue weighted by molar-refractivity contribution is -0.121. The van der Waals surface area contributed by atoms with Crippen LogP contribution in [0.15, 0.2) is 22.6 Å². The van der Waals surface area contributed by atoms with E-state index >= 15 is 0 Å². The van der Waals surface area contributed by atoms with Gasteiger partial charge < -0.3 is 19.4 Å². The number of amides is 1. The number of rotatable bonds is 5. The van der Waals surface area contributed by atoms with Gasteiger partial charge in [0.25, 0.3) is 0 Å². The van der Waals surface area contributed by atoms with Crippen LogP contribution in [-0.4, -0.2) is 72.3 Å². The SMILES string of the molecule is COc1ccc(-c2nnc(C)o2)cc1NC(=O)C(C)N1CCN(C)CC1. The minimum absolute atomic E-state index is 0.0632. The minimum atomic E-state index is -0.220. The van der Waals surface area contributed by atoms with Crippen LogP contribution in [0.4, 0.5) is 5.69 Å². The molecule has 1 aromatic carbocycles. The monoisotopic (exact) mass is 359 g/mol. The van der Waals surface area contributed by atoms with E-state index < -0.39 is 0 Å². The highest BCUT2D eigenvalue weighted by Gasteiger charge is 2.25. The van der Waals surface area contributed by atoms with Crippen LogP contribution in [0.5, 0.6) is 5.75 Å². The molecular weight excluding hydrogens is 334 g/mol. The first-order valence-corrected chi connectivity index (χ1v) is 8.70. The van der Waals surface area contributed by atoms with Gasteiger partial charge in [0.05, 0.1) is 18.8 Å². The maximum atomic E-state index is 12.7. The predicted molar refractivity (Wildman–Crippen MR) is 98.2 cm³/mol. The maximum Gasteiger partial charge on any atom is 0.247 e. The van der Waals surface area contributed by atoms with Crippen LogP contribution >= 0.6 is 0 Å². The van der Waals surface area contributed by atoms with Gasteiger partial charge in [0.1, 0.15) is 5.75 Å². The van der Waals surface area contributed by atoms with Gasteiger partial charge in [0, 0.05) is 38.7 Å². The molecule has 1 unspecified atom stereocenters. The number of likely N-dealkylation sites (N-methyl/N-ethyl adjacent to an activating group) is 1. The molecule has 2 aromatic rings. The fourth-order valence-corrected chi connectivity index (χ4v) is 2.96. The van der Waals surface area contributed by atoms with Gasteiger partial charge in [-0.25, -0.2) is 0 Å². The predicted octanol–water partition coefficient (Wildman–Crippen LogP) is 1.63. The van der Waals surface area contributed by atoms with E-state index in [1.165, 1.54) is 0 Å². The van der Waals surface area contributed by atoms with E-state index in [9.17, 15) is 4.79 Å². The summed E-state index contributed by atoms with van der Waals surface area (Å²) < 4.78 is 10.8. The number of hydrogen-bond acceptors (Lipinski definition) is 7. The van der Waals surface area contributed by atoms with Gasteiger partial charge >= 0.3 is 0 Å². The second-order valence-electron chi connectivity index (χ2n) is 6.55. The number of aryl methyl sites for hydroxylation is 1. The molecule has 8 heteroatoms. The summed E-state index contributed by atoms with van der Waals surface area (Å²) in [5, 5.41) is 10.8. The molecule has 0 saturated carbocycles. The number of carbonyl (C=O) groups is 1. The Kier molecular flexibility index (Phi) is 5.53. The summed E-state index contributed by atoms with van der Waals surface area (Å²) in [6.45, 7) is 7.35. The molecule has 140 valence electrons. The van der Waals surface area contributed by atoms with Crippen LogP contribution < -0.4 is 10.1 Å². The Morgan fingerprint density at radius 3 is 2.62 bits per heavy atom. The molecule has 1 saturated heterocycles. The Balaban J connectivity index is 1.76. The van der Waals surface area contributed by atoms with E-state index in [1.54, 1.807) is 26.2 Å². The number of methoxy groups -OCH3 is 1. The van der Waals surface area contributed by atoms with Gasteiger partial charge in [-0.2, -0.15) is 0 Å². The van der Waals surface area contributed by atoms with Crippen molar-refractivity contribution in [2.24, 2.45) is 0 Å². The van der Waals surface area contributed by atoms with Crippen molar-refractivity contribution in [2.75, 3.05) is 45.7 Å². The standard InChI is InChI=1S/C18H25N5O3/c1-12(23-9-7-22(3)8-10-23)17(24)19-15-11-14(5-6-16(15)25-4)18-21-20-13(2)26-18/h5-6,11-12H,7-10H2,1-4H3,(H,19,24). The minimum Gasteiger partial charge on any atom is -0.495 e. The average molecular weight is 359 g/mol. The zero-order valence-electron chi connectivity index (χ0n) is 15.7. The summed E-state index contributed by atoms with van der Waals surface area (Å²) in [4.78, 5) is 17.2. The van der Waals surface area contributed by atoms with Crippen LogP contribution in [0.3, 0.4) is 0 Å². The van der Waals surface area contributed by atoms with Gasteiger partial charge in [-0.05, 0) is 32.2 Å². The van der Waals surface area contributed by atoms with Crippen LogP contribution in [0.25, 0.3) is 11.5 Å². The highest BCUT2D eigenvalue weighted by Crippen LogP contribution is 2.30. The van der Waals surface area contributed by atoms with Crippen LogP contribution in [0.1, 0.15) is 12.8 Å². The number of anilines is 1. The third kappa shape index (κ3) is 4.03. The topological polar surface area (TPSA) is 83.7 Å². The third-order valence-electron chi connectivity index (χ3n) is 4.70. The number of nitrogens with one attached hydrogen (secondary N) is 1. The maximum absolute atomic E-state index is 12.7. The highest BCUT2D eigenvalue weighted by atomic mass is 16.5. The van der Waals surface area contributed by atoms with Gasteiger partial charge in [-0.1, -0.05) is 0 Å². The Bertz CT molecular complexity index is 768. The summed E-state index contributed by atoms with van der Waals surface area (Å²) >= 11 is 0. The van der Waals surface area contributed by atoms with Crippen LogP contribution in [-0.2, 0) is 4.79 Å². The van der Waals surface area contributed by atoms with Crippen molar-refractivity contribution < 1.29 is 13.9 Å². The molecule has 26 heavy (non-hydrogen) atoms. The number of nitrogens with zero attached hydrogens (tertiary/aromatic N) is 4. The van der Waals surface area contributed by atoms with E-state index in [2.05, 4.69) is 32.4 Å². The number of piperazine rings is 1. The largest absolute Gasteiger partial charge is 0.495 e. The fraction of sp³-hybridized carbons (Fsp3) is 0.500. The van der Waals surface area contributed by atoms with Crippen LogP contribution in [0.2, 0.25) is 0 Å². The molecule has 0 aliphatic carbocycles. The number of aromatic nitrogens is 2. The zero-order valence-corrected chi connectivity index (χ0v) is 15.7. The average Bonchev–Trinajstić information content (AvgIpc) is 3.08. The van der Waals surface area contributed by atoms with E-state index in [1.807, 2.05) is 13.0 Å². The number of ether oxygens (including phenoxy) is 1. The first-order valence-electron chi connectivity index (χ1n) is 8.70. The fourth-order valence-electron chi connectivity index (χ4n) is 2.96. The van der Waals surface area contributed by atoms with Gasteiger partial charge in [0.15, 0.2) is 0 Å². The summed E-state index contributed by atoms with van der Waals surface area (Å²) in [6.07, 6.45) is 0. The van der Waals surface area contributed by atoms with Gasteiger partial charge in [-0.3, -0.25) is 9.69 Å². The number of carbonyl (C=O) groups excluding carboxylic acids is 1. The summed E-state index contributed by atoms with van der Waals surface area (Å²) in [5.74, 6) is 1.42. The second-order valence-corrected chi connectivity index (χ2v) is 6.55. The van der Waals surface area contributed by atoms with E-state index in [0.29, 0.717) is 23.2 Å². The molecule has 0 radical (unpaired) electrons. The lowest BCUT2D eigenvalue weighted by Crippen LogP contribution is -2.51. The summed E-state index contributed by atoms with van der Waals surface area (Å²) in [5.41, 5.74) is 1.32. The third-order valence-corrected chi connectivity index (χ3v) is 4.70. The Labute approximate surface area is 153 Å². The van der Waals surface area contributed by atoms with Gasteiger partial charge in [-0.15, -0.1) is 10.2 Å². The summed E-state index contributed by atoms with van der Waals surface area (Å²) in [7, 11) is 3.67. The first kappa shape index (κ1) is 18.3. The quantitative estimate of drug-likeness (QED) is 0.868. The molecule has 2 heterocycles. The molecule has 1 amide bonds. The van der Waals surface area contributed by atoms with Crippen molar-refractivity contribution in [3.8, 4) is 17.2 Å². The normalized spacial score (nSPS) is 17.1. The molecule has 1 aliphatic heterocycles. The van der Waals surface area contributed by atoms with Crippen LogP contribution in [0, 0.1) is 6.92 Å². The number of hydrogen-bond donors (Lipinski definition) is 1. The molecule has 1 N–H and O–H groups in total. The smallest absolute Gasteiger partial charge is 0.247 e. The van der Waals surface area contributed by atoms with Crippen molar-refractivity contribution in [3.63, 3.8) is 0 Å². The lowest BCUT2D eigenvalue weighted by atomic mass is 10.1. The van der Waals surface area contributed by atoms with Crippen molar-refractivity contribution in [2.45, 2.75) is 19.9 Å². The van der Waals surface area contributed by atoms with Gasteiger partial charge in [0.2, 0.25) is 17.7 Å². The lowest BCUT2D eigenvalue weighted by Gasteiger charge is -2.35. The molecule has 0 bridgehead atoms. The Morgan fingerprint density at radius 2 is 2.00 bits per heavy atom. The van der Waals surface area contributed by atoms with E-state index in [0.717, 1.165) is 31.7 Å². The molecule has 1 aromatic heterocycles. The van der Waals surface area contributed by atoms with E-state index in [4.69, 9.17) is 9.15 Å². The van der Waals surface area contributed by atoms with Crippen molar-refractivity contribution in [1.29, 1.82) is 0 Å². The first-order chi connectivity index (χ1) is 12.5. The second kappa shape index (κ2) is 7.84. The molecule has 1 atom stereocenters. The molecule has 3 rings (SSSR count). The molecular formula is C18H25N5O3. The summed E-state index contributed by atoms with van der Waals surface area (Å²) in [6, 6.07) is 5.18. The molecule has 1 fully saturated rings. The Morgan fingerprint density at radius 1 is 1.27 bits per heavy atom. The van der Waals surface area contributed by atoms with E-state index in [-0.39, 0.29) is 11.9 Å². The van der Waals surface area contributed by atoms with Crippen molar-refractivity contribution in [3.05, 3.63) is 24.1 Å². The molecule has 8 nitrogen and oxygen atoms in total. The molecule has 1 aliphatic rings. The molecule has 0 spiro atoms.